The highest BCUT2D eigenvalue weighted by Gasteiger charge is 2.22. The number of nitriles is 1. The molecule has 1 heterocycles. The highest BCUT2D eigenvalue weighted by molar-refractivity contribution is 7.13. The lowest BCUT2D eigenvalue weighted by atomic mass is 9.92. The minimum absolute atomic E-state index is 0.0301. The van der Waals surface area contributed by atoms with Gasteiger partial charge in [0, 0.05) is 11.6 Å². The van der Waals surface area contributed by atoms with Gasteiger partial charge >= 0.3 is 0 Å². The second-order valence-corrected chi connectivity index (χ2v) is 7.36. The molecule has 0 atom stereocenters. The number of fused-ring (bicyclic) bond motifs is 1. The molecule has 1 aliphatic rings. The summed E-state index contributed by atoms with van der Waals surface area (Å²) in [6.07, 6.45) is 7.08. The average molecular weight is 358 g/mol. The molecule has 0 saturated carbocycles. The first kappa shape index (κ1) is 16.6. The molecule has 0 unspecified atom stereocenters. The van der Waals surface area contributed by atoms with Gasteiger partial charge in [0.15, 0.2) is 0 Å². The fourth-order valence-electron chi connectivity index (χ4n) is 3.34. The minimum Gasteiger partial charge on any atom is -0.489 e. The topological polar surface area (TPSA) is 45.9 Å². The Hall–Kier alpha value is -2.90. The molecule has 1 aromatic heterocycles. The maximum atomic E-state index is 9.61. The van der Waals surface area contributed by atoms with Gasteiger partial charge in [-0.1, -0.05) is 36.4 Å². The van der Waals surface area contributed by atoms with Crippen LogP contribution in [0.1, 0.15) is 30.5 Å². The van der Waals surface area contributed by atoms with Crippen LogP contribution in [0, 0.1) is 11.3 Å². The van der Waals surface area contributed by atoms with Gasteiger partial charge in [-0.25, -0.2) is 4.98 Å². The predicted octanol–water partition coefficient (Wildman–Crippen LogP) is 5.71. The van der Waals surface area contributed by atoms with Crippen LogP contribution in [0.2, 0.25) is 0 Å². The molecule has 4 rings (SSSR count). The van der Waals surface area contributed by atoms with Gasteiger partial charge in [-0.05, 0) is 48.6 Å². The first-order valence-electron chi connectivity index (χ1n) is 8.61. The first-order chi connectivity index (χ1) is 12.7. The van der Waals surface area contributed by atoms with E-state index < -0.39 is 0 Å². The summed E-state index contributed by atoms with van der Waals surface area (Å²) in [7, 11) is 0. The zero-order valence-corrected chi connectivity index (χ0v) is 15.5. The maximum Gasteiger partial charge on any atom is 0.148 e. The summed E-state index contributed by atoms with van der Waals surface area (Å²) in [5.74, 6) is 0.620. The third-order valence-electron chi connectivity index (χ3n) is 4.39. The molecule has 0 N–H and O–H groups in total. The summed E-state index contributed by atoms with van der Waals surface area (Å²) >= 11 is 1.56. The Kier molecular flexibility index (Phi) is 4.32. The van der Waals surface area contributed by atoms with Crippen molar-refractivity contribution in [3.63, 3.8) is 0 Å². The fraction of sp³-hybridized carbons (Fsp3) is 0.182. The normalized spacial score (nSPS) is 12.2. The van der Waals surface area contributed by atoms with Crippen molar-refractivity contribution in [2.24, 2.45) is 0 Å². The lowest BCUT2D eigenvalue weighted by Gasteiger charge is -2.19. The average Bonchev–Trinajstić information content (AvgIpc) is 3.32. The lowest BCUT2D eigenvalue weighted by molar-refractivity contribution is 0.243. The van der Waals surface area contributed by atoms with Gasteiger partial charge in [-0.2, -0.15) is 5.26 Å². The van der Waals surface area contributed by atoms with Crippen LogP contribution in [0.3, 0.4) is 0 Å². The summed E-state index contributed by atoms with van der Waals surface area (Å²) in [5.41, 5.74) is 6.21. The molecule has 0 fully saturated rings. The number of ether oxygens (including phenoxy) is 1. The lowest BCUT2D eigenvalue weighted by Crippen LogP contribution is -2.08. The molecule has 3 nitrogen and oxygen atoms in total. The molecule has 0 amide bonds. The molecule has 4 heteroatoms. The molecule has 26 heavy (non-hydrogen) atoms. The van der Waals surface area contributed by atoms with Crippen molar-refractivity contribution in [2.45, 2.75) is 26.4 Å². The van der Waals surface area contributed by atoms with Crippen LogP contribution in [0.25, 0.3) is 27.8 Å². The Labute approximate surface area is 157 Å². The van der Waals surface area contributed by atoms with Crippen molar-refractivity contribution in [1.29, 1.82) is 5.26 Å². The van der Waals surface area contributed by atoms with Crippen LogP contribution in [0.5, 0.6) is 5.75 Å². The summed E-state index contributed by atoms with van der Waals surface area (Å²) in [5, 5.41) is 12.4. The zero-order chi connectivity index (χ0) is 18.1. The zero-order valence-electron chi connectivity index (χ0n) is 14.7. The molecule has 128 valence electrons. The summed E-state index contributed by atoms with van der Waals surface area (Å²) in [4.78, 5) is 4.52. The van der Waals surface area contributed by atoms with Gasteiger partial charge in [0.05, 0.1) is 17.2 Å². The third-order valence-corrected chi connectivity index (χ3v) is 5.18. The molecule has 0 saturated heterocycles. The van der Waals surface area contributed by atoms with E-state index >= 15 is 0 Å². The van der Waals surface area contributed by atoms with E-state index in [0.29, 0.717) is 11.3 Å². The highest BCUT2D eigenvalue weighted by Crippen LogP contribution is 2.44. The van der Waals surface area contributed by atoms with E-state index in [1.165, 1.54) is 11.1 Å². The summed E-state index contributed by atoms with van der Waals surface area (Å²) in [6.45, 7) is 3.95. The van der Waals surface area contributed by atoms with E-state index in [-0.39, 0.29) is 6.10 Å². The maximum absolute atomic E-state index is 9.61. The number of rotatable bonds is 4. The molecule has 0 aliphatic heterocycles. The monoisotopic (exact) mass is 358 g/mol. The van der Waals surface area contributed by atoms with Crippen molar-refractivity contribution < 1.29 is 4.74 Å². The Morgan fingerprint density at radius 1 is 1.19 bits per heavy atom. The molecule has 3 aromatic rings. The smallest absolute Gasteiger partial charge is 0.148 e. The van der Waals surface area contributed by atoms with Crippen molar-refractivity contribution in [3.8, 4) is 33.5 Å². The van der Waals surface area contributed by atoms with Crippen LogP contribution in [0.15, 0.2) is 48.0 Å². The number of hydrogen-bond acceptors (Lipinski definition) is 4. The quantitative estimate of drug-likeness (QED) is 0.600. The van der Waals surface area contributed by atoms with Crippen LogP contribution in [0.4, 0.5) is 0 Å². The van der Waals surface area contributed by atoms with Crippen molar-refractivity contribution in [1.82, 2.24) is 4.98 Å². The van der Waals surface area contributed by atoms with E-state index in [2.05, 4.69) is 41.4 Å². The molecule has 1 aliphatic carbocycles. The van der Waals surface area contributed by atoms with Crippen molar-refractivity contribution in [3.05, 3.63) is 64.7 Å². The van der Waals surface area contributed by atoms with Gasteiger partial charge in [0.25, 0.3) is 0 Å². The van der Waals surface area contributed by atoms with Gasteiger partial charge in [-0.3, -0.25) is 0 Å². The van der Waals surface area contributed by atoms with E-state index in [0.717, 1.165) is 28.1 Å². The Balaban J connectivity index is 2.04. The SMILES string of the molecule is CC(C)Oc1c(C#N)ccc(-c2cccc3c2C=CC3)c1-c1nccs1. The molecule has 2 aromatic carbocycles. The van der Waals surface area contributed by atoms with Crippen LogP contribution < -0.4 is 4.74 Å². The highest BCUT2D eigenvalue weighted by atomic mass is 32.1. The summed E-state index contributed by atoms with van der Waals surface area (Å²) in [6, 6.07) is 12.5. The van der Waals surface area contributed by atoms with Crippen molar-refractivity contribution in [2.75, 3.05) is 0 Å². The van der Waals surface area contributed by atoms with Crippen molar-refractivity contribution >= 4 is 17.4 Å². The number of benzene rings is 2. The van der Waals surface area contributed by atoms with Crippen LogP contribution in [-0.4, -0.2) is 11.1 Å². The van der Waals surface area contributed by atoms with Crippen LogP contribution >= 0.6 is 11.3 Å². The van der Waals surface area contributed by atoms with E-state index in [4.69, 9.17) is 4.74 Å². The van der Waals surface area contributed by atoms with E-state index in [1.54, 1.807) is 17.5 Å². The molecular formula is C22H18N2OS. The molecule has 0 radical (unpaired) electrons. The van der Waals surface area contributed by atoms with E-state index in [9.17, 15) is 5.26 Å². The first-order valence-corrected chi connectivity index (χ1v) is 9.49. The van der Waals surface area contributed by atoms with Gasteiger partial charge in [0.1, 0.15) is 16.8 Å². The predicted molar refractivity (Wildman–Crippen MR) is 106 cm³/mol. The third kappa shape index (κ3) is 2.81. The standard InChI is InChI=1S/C22H18N2OS/c1-14(2)25-21-16(13-23)9-10-19(20(21)22-24-11-12-26-22)18-8-4-6-15-5-3-7-17(15)18/h3-4,6-12,14H,5H2,1-2H3. The Bertz CT molecular complexity index is 1030. The number of allylic oxidation sites excluding steroid dienone is 1. The Morgan fingerprint density at radius 2 is 2.08 bits per heavy atom. The number of hydrogen-bond donors (Lipinski definition) is 0. The number of nitrogens with zero attached hydrogens (tertiary/aromatic N) is 2. The second-order valence-electron chi connectivity index (χ2n) is 6.47. The Morgan fingerprint density at radius 3 is 2.81 bits per heavy atom. The van der Waals surface area contributed by atoms with Gasteiger partial charge in [-0.15, -0.1) is 11.3 Å². The minimum atomic E-state index is -0.0301. The van der Waals surface area contributed by atoms with Gasteiger partial charge < -0.3 is 4.74 Å². The molecule has 0 spiro atoms. The second kappa shape index (κ2) is 6.78. The largest absolute Gasteiger partial charge is 0.489 e. The van der Waals surface area contributed by atoms with Crippen LogP contribution in [-0.2, 0) is 6.42 Å². The fourth-order valence-corrected chi connectivity index (χ4v) is 4.03. The number of thiazole rings is 1. The van der Waals surface area contributed by atoms with E-state index in [1.807, 2.05) is 31.4 Å². The molecular weight excluding hydrogens is 340 g/mol. The number of aromatic nitrogens is 1. The van der Waals surface area contributed by atoms with Gasteiger partial charge in [0.2, 0.25) is 0 Å². The molecule has 0 bridgehead atoms. The summed E-state index contributed by atoms with van der Waals surface area (Å²) < 4.78 is 6.10.